The molecule has 0 atom stereocenters. The summed E-state index contributed by atoms with van der Waals surface area (Å²) in [5.41, 5.74) is 4.44. The number of amides is 3. The predicted molar refractivity (Wildman–Crippen MR) is 128 cm³/mol. The quantitative estimate of drug-likeness (QED) is 0.454. The molecule has 0 unspecified atom stereocenters. The van der Waals surface area contributed by atoms with Crippen molar-refractivity contribution in [2.24, 2.45) is 5.92 Å². The molecule has 2 aromatic carbocycles. The minimum atomic E-state index is -0.977. The summed E-state index contributed by atoms with van der Waals surface area (Å²) in [4.78, 5) is 49.1. The normalized spacial score (nSPS) is 13.9. The Labute approximate surface area is 203 Å². The summed E-state index contributed by atoms with van der Waals surface area (Å²) in [6, 6.07) is 16.0. The molecule has 1 saturated carbocycles. The number of alkyl carbamates (subject to hydrolysis) is 1. The van der Waals surface area contributed by atoms with Gasteiger partial charge in [0.15, 0.2) is 0 Å². The van der Waals surface area contributed by atoms with Crippen molar-refractivity contribution in [3.8, 4) is 11.1 Å². The molecule has 2 aliphatic carbocycles. The molecule has 0 saturated heterocycles. The Morgan fingerprint density at radius 2 is 1.54 bits per heavy atom. The first-order valence-electron chi connectivity index (χ1n) is 11.8. The van der Waals surface area contributed by atoms with Crippen molar-refractivity contribution in [2.45, 2.75) is 25.2 Å². The molecule has 9 nitrogen and oxygen atoms in total. The van der Waals surface area contributed by atoms with Crippen molar-refractivity contribution in [1.29, 1.82) is 0 Å². The maximum atomic E-state index is 12.4. The van der Waals surface area contributed by atoms with Crippen molar-refractivity contribution in [1.82, 2.24) is 15.5 Å². The zero-order valence-electron chi connectivity index (χ0n) is 19.4. The Morgan fingerprint density at radius 1 is 0.914 bits per heavy atom. The molecule has 0 heterocycles. The third-order valence-electron chi connectivity index (χ3n) is 6.30. The third kappa shape index (κ3) is 6.38. The zero-order chi connectivity index (χ0) is 24.8. The van der Waals surface area contributed by atoms with E-state index in [0.29, 0.717) is 12.5 Å². The van der Waals surface area contributed by atoms with Gasteiger partial charge >= 0.3 is 12.1 Å². The lowest BCUT2D eigenvalue weighted by Crippen LogP contribution is -2.44. The van der Waals surface area contributed by atoms with Crippen LogP contribution in [0.1, 0.15) is 36.3 Å². The molecular weight excluding hydrogens is 450 g/mol. The number of rotatable bonds is 11. The number of fused-ring (bicyclic) bond motifs is 3. The second-order valence-corrected chi connectivity index (χ2v) is 8.88. The Hall–Kier alpha value is -3.88. The third-order valence-corrected chi connectivity index (χ3v) is 6.30. The van der Waals surface area contributed by atoms with Gasteiger partial charge in [0.1, 0.15) is 13.2 Å². The molecule has 3 N–H and O–H groups in total. The number of nitrogens with one attached hydrogen (secondary N) is 2. The summed E-state index contributed by atoms with van der Waals surface area (Å²) in [6.07, 6.45) is 1.18. The summed E-state index contributed by atoms with van der Waals surface area (Å²) in [5.74, 6) is -1.53. The van der Waals surface area contributed by atoms with Crippen molar-refractivity contribution in [3.63, 3.8) is 0 Å². The van der Waals surface area contributed by atoms with Gasteiger partial charge in [-0.05, 0) is 41.0 Å². The van der Waals surface area contributed by atoms with Gasteiger partial charge in [0.05, 0.1) is 13.0 Å². The SMILES string of the molecule is O=C(O)CCN(CC1CC1)C(=O)CNC(=O)CNC(=O)OCC1c2ccccc2-c2ccccc21. The fraction of sp³-hybridized carbons (Fsp3) is 0.385. The summed E-state index contributed by atoms with van der Waals surface area (Å²) >= 11 is 0. The molecular formula is C26H29N3O6. The van der Waals surface area contributed by atoms with E-state index in [1.54, 1.807) is 0 Å². The largest absolute Gasteiger partial charge is 0.481 e. The number of carbonyl (C=O) groups is 4. The fourth-order valence-corrected chi connectivity index (χ4v) is 4.31. The first-order chi connectivity index (χ1) is 16.9. The Balaban J connectivity index is 1.21. The predicted octanol–water partition coefficient (Wildman–Crippen LogP) is 2.35. The first-order valence-corrected chi connectivity index (χ1v) is 11.8. The molecule has 4 rings (SSSR count). The van der Waals surface area contributed by atoms with Gasteiger partial charge in [-0.25, -0.2) is 4.79 Å². The maximum Gasteiger partial charge on any atom is 0.407 e. The molecule has 3 amide bonds. The summed E-state index contributed by atoms with van der Waals surface area (Å²) in [7, 11) is 0. The van der Waals surface area contributed by atoms with Crippen molar-refractivity contribution in [3.05, 3.63) is 59.7 Å². The number of aliphatic carboxylic acids is 1. The molecule has 1 fully saturated rings. The molecule has 184 valence electrons. The summed E-state index contributed by atoms with van der Waals surface area (Å²) in [5, 5.41) is 13.8. The van der Waals surface area contributed by atoms with Crippen molar-refractivity contribution in [2.75, 3.05) is 32.8 Å². The minimum absolute atomic E-state index is 0.0807. The Bertz CT molecular complexity index is 1070. The van der Waals surface area contributed by atoms with Gasteiger partial charge < -0.3 is 25.4 Å². The highest BCUT2D eigenvalue weighted by atomic mass is 16.5. The van der Waals surface area contributed by atoms with Gasteiger partial charge in [0.2, 0.25) is 11.8 Å². The fourth-order valence-electron chi connectivity index (χ4n) is 4.31. The van der Waals surface area contributed by atoms with Crippen molar-refractivity contribution >= 4 is 23.9 Å². The van der Waals surface area contributed by atoms with E-state index in [-0.39, 0.29) is 44.5 Å². The van der Waals surface area contributed by atoms with Crippen LogP contribution in [0, 0.1) is 5.92 Å². The topological polar surface area (TPSA) is 125 Å². The van der Waals surface area contributed by atoms with E-state index in [4.69, 9.17) is 9.84 Å². The minimum Gasteiger partial charge on any atom is -0.481 e. The lowest BCUT2D eigenvalue weighted by atomic mass is 9.98. The smallest absolute Gasteiger partial charge is 0.407 e. The molecule has 0 bridgehead atoms. The first kappa shape index (κ1) is 24.3. The second kappa shape index (κ2) is 11.0. The maximum absolute atomic E-state index is 12.4. The van der Waals surface area contributed by atoms with Crippen LogP contribution in [0.2, 0.25) is 0 Å². The lowest BCUT2D eigenvalue weighted by molar-refractivity contribution is -0.139. The van der Waals surface area contributed by atoms with Crippen LogP contribution >= 0.6 is 0 Å². The average Bonchev–Trinajstić information content (AvgIpc) is 3.63. The van der Waals surface area contributed by atoms with Crippen LogP contribution in [0.25, 0.3) is 11.1 Å². The van der Waals surface area contributed by atoms with Gasteiger partial charge in [0, 0.05) is 19.0 Å². The number of benzene rings is 2. The highest BCUT2D eigenvalue weighted by molar-refractivity contribution is 5.87. The van der Waals surface area contributed by atoms with E-state index in [0.717, 1.165) is 35.1 Å². The number of carboxylic acids is 1. The van der Waals surface area contributed by atoms with Crippen LogP contribution < -0.4 is 10.6 Å². The van der Waals surface area contributed by atoms with E-state index in [9.17, 15) is 19.2 Å². The molecule has 0 spiro atoms. The van der Waals surface area contributed by atoms with Gasteiger partial charge in [-0.1, -0.05) is 48.5 Å². The van der Waals surface area contributed by atoms with Gasteiger partial charge in [0.25, 0.3) is 0 Å². The van der Waals surface area contributed by atoms with Crippen LogP contribution in [-0.4, -0.2) is 66.7 Å². The van der Waals surface area contributed by atoms with Crippen LogP contribution in [0.3, 0.4) is 0 Å². The number of carbonyl (C=O) groups excluding carboxylic acids is 3. The standard InChI is InChI=1S/C26H29N3O6/c30-23(27-14-24(31)29(12-11-25(32)33)15-17-9-10-17)13-28-26(34)35-16-22-20-7-3-1-5-18(20)19-6-2-4-8-21(19)22/h1-8,17,22H,9-16H2,(H,27,30)(H,28,34)(H,32,33). The number of ether oxygens (including phenoxy) is 1. The Morgan fingerprint density at radius 3 is 2.14 bits per heavy atom. The highest BCUT2D eigenvalue weighted by Crippen LogP contribution is 2.44. The molecule has 9 heteroatoms. The zero-order valence-corrected chi connectivity index (χ0v) is 19.4. The van der Waals surface area contributed by atoms with Crippen LogP contribution in [0.15, 0.2) is 48.5 Å². The monoisotopic (exact) mass is 479 g/mol. The summed E-state index contributed by atoms with van der Waals surface area (Å²) < 4.78 is 5.40. The van der Waals surface area contributed by atoms with E-state index in [1.807, 2.05) is 48.5 Å². The number of nitrogens with zero attached hydrogens (tertiary/aromatic N) is 1. The van der Waals surface area contributed by atoms with Crippen LogP contribution in [0.4, 0.5) is 4.79 Å². The molecule has 0 aromatic heterocycles. The molecule has 0 aliphatic heterocycles. The van der Waals surface area contributed by atoms with E-state index >= 15 is 0 Å². The average molecular weight is 480 g/mol. The molecule has 35 heavy (non-hydrogen) atoms. The number of hydrogen-bond donors (Lipinski definition) is 3. The van der Waals surface area contributed by atoms with Crippen molar-refractivity contribution < 1.29 is 29.0 Å². The number of hydrogen-bond acceptors (Lipinski definition) is 5. The Kier molecular flexibility index (Phi) is 7.64. The van der Waals surface area contributed by atoms with Crippen LogP contribution in [0.5, 0.6) is 0 Å². The lowest BCUT2D eigenvalue weighted by Gasteiger charge is -2.22. The van der Waals surface area contributed by atoms with E-state index in [2.05, 4.69) is 10.6 Å². The van der Waals surface area contributed by atoms with Crippen LogP contribution in [-0.2, 0) is 19.1 Å². The molecule has 2 aliphatic rings. The summed E-state index contributed by atoms with van der Waals surface area (Å²) in [6.45, 7) is 0.164. The molecule has 0 radical (unpaired) electrons. The van der Waals surface area contributed by atoms with E-state index in [1.165, 1.54) is 4.90 Å². The molecule has 2 aromatic rings. The van der Waals surface area contributed by atoms with Gasteiger partial charge in [-0.2, -0.15) is 0 Å². The second-order valence-electron chi connectivity index (χ2n) is 8.88. The van der Waals surface area contributed by atoms with E-state index < -0.39 is 18.0 Å². The highest BCUT2D eigenvalue weighted by Gasteiger charge is 2.29. The van der Waals surface area contributed by atoms with Gasteiger partial charge in [-0.3, -0.25) is 14.4 Å². The van der Waals surface area contributed by atoms with Gasteiger partial charge in [-0.15, -0.1) is 0 Å². The number of carboxylic acid groups (broad SMARTS) is 1.